The lowest BCUT2D eigenvalue weighted by molar-refractivity contribution is -0.131. The molecule has 9 heteroatoms. The smallest absolute Gasteiger partial charge is 0.342 e. The molecule has 4 aromatic rings. The fourth-order valence-electron chi connectivity index (χ4n) is 2.75. The fourth-order valence-corrected chi connectivity index (χ4v) is 3.70. The number of rotatable bonds is 6. The molecule has 0 saturated heterocycles. The Morgan fingerprint density at radius 1 is 1.00 bits per heavy atom. The van der Waals surface area contributed by atoms with Gasteiger partial charge in [0.15, 0.2) is 0 Å². The highest BCUT2D eigenvalue weighted by Crippen LogP contribution is 2.33. The van der Waals surface area contributed by atoms with Gasteiger partial charge < -0.3 is 13.9 Å². The topological polar surface area (TPSA) is 89.4 Å². The van der Waals surface area contributed by atoms with E-state index in [1.165, 1.54) is 6.08 Å². The van der Waals surface area contributed by atoms with Crippen LogP contribution in [0.3, 0.4) is 0 Å². The number of aromatic nitrogens is 2. The Kier molecular flexibility index (Phi) is 6.18. The van der Waals surface area contributed by atoms with Crippen LogP contribution in [0.25, 0.3) is 28.9 Å². The van der Waals surface area contributed by atoms with E-state index in [1.54, 1.807) is 48.5 Å². The van der Waals surface area contributed by atoms with Gasteiger partial charge in [-0.05, 0) is 72.8 Å². The molecule has 0 saturated carbocycles. The van der Waals surface area contributed by atoms with Crippen molar-refractivity contribution in [1.29, 1.82) is 0 Å². The quantitative estimate of drug-likeness (QED) is 0.243. The number of carboxylic acid groups (broad SMARTS) is 1. The number of aryl methyl sites for hydroxylation is 1. The van der Waals surface area contributed by atoms with Gasteiger partial charge in [-0.2, -0.15) is 0 Å². The van der Waals surface area contributed by atoms with Crippen molar-refractivity contribution in [3.8, 4) is 22.8 Å². The van der Waals surface area contributed by atoms with Crippen LogP contribution in [-0.4, -0.2) is 21.3 Å². The molecule has 0 unspecified atom stereocenters. The molecular weight excluding hydrogens is 459 g/mol. The SMILES string of the molecule is Cc1ccc(Cl)cc1-c1ccc(/C=C(\Sc2nnc(-c3ccc(Cl)cc3)o2)C(=O)O)o1. The van der Waals surface area contributed by atoms with E-state index < -0.39 is 5.97 Å². The van der Waals surface area contributed by atoms with E-state index in [0.29, 0.717) is 27.1 Å². The van der Waals surface area contributed by atoms with Crippen molar-refractivity contribution < 1.29 is 18.7 Å². The van der Waals surface area contributed by atoms with Gasteiger partial charge in [-0.25, -0.2) is 4.79 Å². The molecule has 2 aromatic carbocycles. The summed E-state index contributed by atoms with van der Waals surface area (Å²) in [6, 6.07) is 15.8. The first-order chi connectivity index (χ1) is 14.9. The molecule has 0 aliphatic heterocycles. The second kappa shape index (κ2) is 9.01. The largest absolute Gasteiger partial charge is 0.477 e. The number of thioether (sulfide) groups is 1. The lowest BCUT2D eigenvalue weighted by atomic mass is 10.1. The van der Waals surface area contributed by atoms with Crippen LogP contribution in [-0.2, 0) is 4.79 Å². The lowest BCUT2D eigenvalue weighted by Crippen LogP contribution is -1.96. The minimum Gasteiger partial charge on any atom is -0.477 e. The summed E-state index contributed by atoms with van der Waals surface area (Å²) < 4.78 is 11.4. The Morgan fingerprint density at radius 2 is 1.74 bits per heavy atom. The zero-order valence-corrected chi connectivity index (χ0v) is 18.3. The molecule has 1 N–H and O–H groups in total. The van der Waals surface area contributed by atoms with E-state index >= 15 is 0 Å². The van der Waals surface area contributed by atoms with Crippen LogP contribution >= 0.6 is 35.0 Å². The Morgan fingerprint density at radius 3 is 2.48 bits per heavy atom. The second-order valence-corrected chi connectivity index (χ2v) is 8.32. The predicted octanol–water partition coefficient (Wildman–Crippen LogP) is 6.83. The summed E-state index contributed by atoms with van der Waals surface area (Å²) in [5.74, 6) is 0.0780. The minimum atomic E-state index is -1.15. The number of furan rings is 1. The first-order valence-electron chi connectivity index (χ1n) is 8.98. The highest BCUT2D eigenvalue weighted by Gasteiger charge is 2.17. The van der Waals surface area contributed by atoms with E-state index in [9.17, 15) is 9.90 Å². The van der Waals surface area contributed by atoms with Gasteiger partial charge in [0.2, 0.25) is 5.89 Å². The van der Waals surface area contributed by atoms with Crippen LogP contribution < -0.4 is 0 Å². The Balaban J connectivity index is 1.57. The number of carboxylic acids is 1. The summed E-state index contributed by atoms with van der Waals surface area (Å²) in [6.07, 6.45) is 1.41. The van der Waals surface area contributed by atoms with Gasteiger partial charge >= 0.3 is 5.97 Å². The van der Waals surface area contributed by atoms with Crippen molar-refractivity contribution in [1.82, 2.24) is 10.2 Å². The van der Waals surface area contributed by atoms with Gasteiger partial charge in [0.1, 0.15) is 16.4 Å². The van der Waals surface area contributed by atoms with Crippen molar-refractivity contribution in [2.45, 2.75) is 12.1 Å². The zero-order chi connectivity index (χ0) is 22.0. The number of carbonyl (C=O) groups is 1. The van der Waals surface area contributed by atoms with Crippen molar-refractivity contribution >= 4 is 47.0 Å². The molecule has 6 nitrogen and oxygen atoms in total. The van der Waals surface area contributed by atoms with Crippen molar-refractivity contribution in [2.75, 3.05) is 0 Å². The molecule has 0 aliphatic rings. The fraction of sp³-hybridized carbons (Fsp3) is 0.0455. The number of halogens is 2. The van der Waals surface area contributed by atoms with Crippen LogP contribution in [0.15, 0.2) is 73.6 Å². The number of benzene rings is 2. The van der Waals surface area contributed by atoms with Crippen LogP contribution in [0.5, 0.6) is 0 Å². The van der Waals surface area contributed by atoms with Crippen LogP contribution in [0.1, 0.15) is 11.3 Å². The van der Waals surface area contributed by atoms with Crippen molar-refractivity contribution in [3.63, 3.8) is 0 Å². The zero-order valence-electron chi connectivity index (χ0n) is 16.0. The Labute approximate surface area is 191 Å². The highest BCUT2D eigenvalue weighted by atomic mass is 35.5. The van der Waals surface area contributed by atoms with Gasteiger partial charge in [-0.15, -0.1) is 10.2 Å². The predicted molar refractivity (Wildman–Crippen MR) is 120 cm³/mol. The van der Waals surface area contributed by atoms with Crippen LogP contribution in [0, 0.1) is 6.92 Å². The molecule has 0 spiro atoms. The third kappa shape index (κ3) is 5.02. The third-order valence-electron chi connectivity index (χ3n) is 4.27. The van der Waals surface area contributed by atoms with Gasteiger partial charge in [0.25, 0.3) is 5.22 Å². The summed E-state index contributed by atoms with van der Waals surface area (Å²) in [6.45, 7) is 1.94. The Hall–Kier alpha value is -3.00. The molecule has 0 amide bonds. The molecule has 0 bridgehead atoms. The third-order valence-corrected chi connectivity index (χ3v) is 5.61. The van der Waals surface area contributed by atoms with Crippen molar-refractivity contribution in [3.05, 3.63) is 80.9 Å². The molecule has 0 atom stereocenters. The number of aliphatic carboxylic acids is 1. The van der Waals surface area contributed by atoms with Crippen LogP contribution in [0.2, 0.25) is 10.0 Å². The minimum absolute atomic E-state index is 0.0324. The maximum Gasteiger partial charge on any atom is 0.342 e. The van der Waals surface area contributed by atoms with Gasteiger partial charge in [0.05, 0.1) is 0 Å². The van der Waals surface area contributed by atoms with Gasteiger partial charge in [-0.3, -0.25) is 0 Å². The lowest BCUT2D eigenvalue weighted by Gasteiger charge is -2.03. The van der Waals surface area contributed by atoms with E-state index in [1.807, 2.05) is 13.0 Å². The molecule has 4 rings (SSSR count). The standard InChI is InChI=1S/C22H14Cl2N2O4S/c1-12-2-5-15(24)10-17(12)18-9-8-16(29-18)11-19(21(27)28)31-22-26-25-20(30-22)13-3-6-14(23)7-4-13/h2-11H,1H3,(H,27,28)/b19-11-. The summed E-state index contributed by atoms with van der Waals surface area (Å²) >= 11 is 12.8. The summed E-state index contributed by atoms with van der Waals surface area (Å²) in [5, 5.41) is 18.7. The molecule has 0 radical (unpaired) electrons. The summed E-state index contributed by atoms with van der Waals surface area (Å²) in [7, 11) is 0. The normalized spacial score (nSPS) is 11.6. The van der Waals surface area contributed by atoms with E-state index in [-0.39, 0.29) is 16.0 Å². The second-order valence-electron chi connectivity index (χ2n) is 6.46. The van der Waals surface area contributed by atoms with Gasteiger partial charge in [0, 0.05) is 27.2 Å². The molecule has 31 heavy (non-hydrogen) atoms. The average molecular weight is 473 g/mol. The first-order valence-corrected chi connectivity index (χ1v) is 10.5. The molecule has 0 fully saturated rings. The first kappa shape index (κ1) is 21.2. The number of hydrogen-bond acceptors (Lipinski definition) is 6. The summed E-state index contributed by atoms with van der Waals surface area (Å²) in [4.78, 5) is 11.7. The molecule has 0 aliphatic carbocycles. The molecule has 2 heterocycles. The monoisotopic (exact) mass is 472 g/mol. The highest BCUT2D eigenvalue weighted by molar-refractivity contribution is 8.03. The maximum absolute atomic E-state index is 11.7. The Bertz CT molecular complexity index is 1280. The molecule has 156 valence electrons. The van der Waals surface area contributed by atoms with Gasteiger partial charge in [-0.1, -0.05) is 29.3 Å². The number of nitrogens with zero attached hydrogens (tertiary/aromatic N) is 2. The molecule has 2 aromatic heterocycles. The van der Waals surface area contributed by atoms with E-state index in [4.69, 9.17) is 32.0 Å². The maximum atomic E-state index is 11.7. The average Bonchev–Trinajstić information content (AvgIpc) is 3.40. The van der Waals surface area contributed by atoms with E-state index in [2.05, 4.69) is 10.2 Å². The van der Waals surface area contributed by atoms with Crippen molar-refractivity contribution in [2.24, 2.45) is 0 Å². The van der Waals surface area contributed by atoms with E-state index in [0.717, 1.165) is 22.9 Å². The molecular formula is C22H14Cl2N2O4S. The number of hydrogen-bond donors (Lipinski definition) is 1. The van der Waals surface area contributed by atoms with Crippen LogP contribution in [0.4, 0.5) is 0 Å². The summed E-state index contributed by atoms with van der Waals surface area (Å²) in [5.41, 5.74) is 2.50.